The van der Waals surface area contributed by atoms with Crippen molar-refractivity contribution in [2.75, 3.05) is 0 Å². The van der Waals surface area contributed by atoms with E-state index in [0.29, 0.717) is 0 Å². The van der Waals surface area contributed by atoms with Crippen LogP contribution in [-0.4, -0.2) is 4.57 Å². The number of aryl methyl sites for hydroxylation is 1. The average molecular weight is 366 g/mol. The molecule has 1 aromatic heterocycles. The molecule has 0 bridgehead atoms. The summed E-state index contributed by atoms with van der Waals surface area (Å²) in [4.78, 5) is 0. The van der Waals surface area contributed by atoms with Gasteiger partial charge in [0.05, 0.1) is 5.41 Å². The molecule has 28 heavy (non-hydrogen) atoms. The third-order valence-electron chi connectivity index (χ3n) is 6.41. The van der Waals surface area contributed by atoms with Gasteiger partial charge in [0, 0.05) is 19.4 Å². The van der Waals surface area contributed by atoms with Gasteiger partial charge in [-0.2, -0.15) is 9.13 Å². The van der Waals surface area contributed by atoms with Crippen molar-refractivity contribution in [1.29, 1.82) is 0 Å². The van der Waals surface area contributed by atoms with E-state index < -0.39 is 0 Å². The average Bonchev–Trinajstić information content (AvgIpc) is 3.15. The molecule has 1 atom stereocenters. The number of para-hydroxylation sites is 2. The normalized spacial score (nSPS) is 17.4. The molecular formula is C26H25N2+. The molecule has 0 N–H and O–H groups in total. The van der Waals surface area contributed by atoms with Gasteiger partial charge in [0.25, 0.3) is 5.82 Å². The molecule has 0 radical (unpaired) electrons. The molecule has 0 fully saturated rings. The SMILES string of the molecule is Cc1ccccc1-n1c(C)c2[n+](c1C)-c1ccccc1C2(C)c1ccccc1. The van der Waals surface area contributed by atoms with Crippen molar-refractivity contribution in [2.45, 2.75) is 33.1 Å². The Balaban J connectivity index is 1.90. The topological polar surface area (TPSA) is 8.81 Å². The molecule has 2 nitrogen and oxygen atoms in total. The van der Waals surface area contributed by atoms with E-state index in [-0.39, 0.29) is 5.41 Å². The van der Waals surface area contributed by atoms with Crippen LogP contribution in [0, 0.1) is 20.8 Å². The summed E-state index contributed by atoms with van der Waals surface area (Å²) in [6.07, 6.45) is 0. The van der Waals surface area contributed by atoms with Gasteiger partial charge in [-0.25, -0.2) is 0 Å². The molecule has 0 spiro atoms. The van der Waals surface area contributed by atoms with E-state index in [1.165, 1.54) is 45.3 Å². The Bertz CT molecular complexity index is 1200. The molecule has 2 heteroatoms. The molecular weight excluding hydrogens is 340 g/mol. The zero-order valence-electron chi connectivity index (χ0n) is 16.9. The first kappa shape index (κ1) is 17.0. The molecule has 0 saturated carbocycles. The lowest BCUT2D eigenvalue weighted by molar-refractivity contribution is -0.605. The summed E-state index contributed by atoms with van der Waals surface area (Å²) in [6.45, 7) is 9.05. The first-order chi connectivity index (χ1) is 13.5. The van der Waals surface area contributed by atoms with Crippen molar-refractivity contribution in [3.05, 3.63) is 113 Å². The number of aromatic nitrogens is 2. The van der Waals surface area contributed by atoms with Crippen LogP contribution in [0.4, 0.5) is 0 Å². The molecule has 5 rings (SSSR count). The fourth-order valence-corrected chi connectivity index (χ4v) is 5.10. The highest BCUT2D eigenvalue weighted by Crippen LogP contribution is 2.46. The first-order valence-corrected chi connectivity index (χ1v) is 9.91. The second kappa shape index (κ2) is 5.93. The highest BCUT2D eigenvalue weighted by Gasteiger charge is 2.50. The molecule has 4 aromatic rings. The van der Waals surface area contributed by atoms with E-state index in [1.807, 2.05) is 0 Å². The van der Waals surface area contributed by atoms with Gasteiger partial charge in [0.15, 0.2) is 11.4 Å². The molecule has 138 valence electrons. The quantitative estimate of drug-likeness (QED) is 0.424. The number of nitrogens with zero attached hydrogens (tertiary/aromatic N) is 2. The Morgan fingerprint density at radius 2 is 1.39 bits per heavy atom. The highest BCUT2D eigenvalue weighted by molar-refractivity contribution is 5.58. The Morgan fingerprint density at radius 3 is 2.14 bits per heavy atom. The highest BCUT2D eigenvalue weighted by atomic mass is 15.2. The third kappa shape index (κ3) is 2.06. The number of benzene rings is 3. The standard InChI is InChI=1S/C26H25N2/c1-18-12-8-10-16-23(18)27-19(2)25-26(4,21-13-6-5-7-14-21)22-15-9-11-17-24(22)28(25)20(27)3/h5-17H,1-4H3/q+1. The predicted molar refractivity (Wildman–Crippen MR) is 114 cm³/mol. The third-order valence-corrected chi connectivity index (χ3v) is 6.41. The number of fused-ring (bicyclic) bond motifs is 3. The molecule has 0 aliphatic carbocycles. The summed E-state index contributed by atoms with van der Waals surface area (Å²) < 4.78 is 4.88. The Morgan fingerprint density at radius 1 is 0.750 bits per heavy atom. The number of rotatable bonds is 2. The van der Waals surface area contributed by atoms with E-state index in [4.69, 9.17) is 0 Å². The fourth-order valence-electron chi connectivity index (χ4n) is 5.10. The lowest BCUT2D eigenvalue weighted by atomic mass is 9.74. The van der Waals surface area contributed by atoms with E-state index >= 15 is 0 Å². The molecule has 0 saturated heterocycles. The Kier molecular flexibility index (Phi) is 3.60. The van der Waals surface area contributed by atoms with Crippen molar-refractivity contribution in [3.8, 4) is 11.4 Å². The van der Waals surface area contributed by atoms with Gasteiger partial charge < -0.3 is 0 Å². The maximum atomic E-state index is 2.46. The summed E-state index contributed by atoms with van der Waals surface area (Å²) in [7, 11) is 0. The summed E-state index contributed by atoms with van der Waals surface area (Å²) in [6, 6.07) is 28.4. The van der Waals surface area contributed by atoms with E-state index in [0.717, 1.165) is 0 Å². The second-order valence-electron chi connectivity index (χ2n) is 7.95. The maximum absolute atomic E-state index is 2.46. The first-order valence-electron chi connectivity index (χ1n) is 9.91. The van der Waals surface area contributed by atoms with Crippen LogP contribution < -0.4 is 4.57 Å². The van der Waals surface area contributed by atoms with Gasteiger partial charge in [0.1, 0.15) is 11.4 Å². The van der Waals surface area contributed by atoms with Crippen LogP contribution >= 0.6 is 0 Å². The zero-order chi connectivity index (χ0) is 19.5. The molecule has 1 unspecified atom stereocenters. The summed E-state index contributed by atoms with van der Waals surface area (Å²) >= 11 is 0. The van der Waals surface area contributed by atoms with Crippen LogP contribution in [0.5, 0.6) is 0 Å². The Hall–Kier alpha value is -3.13. The summed E-state index contributed by atoms with van der Waals surface area (Å²) in [5, 5.41) is 0. The van der Waals surface area contributed by atoms with Crippen molar-refractivity contribution in [1.82, 2.24) is 4.57 Å². The molecule has 3 aromatic carbocycles. The molecule has 1 aliphatic heterocycles. The second-order valence-corrected chi connectivity index (χ2v) is 7.95. The van der Waals surface area contributed by atoms with Gasteiger partial charge >= 0.3 is 0 Å². The van der Waals surface area contributed by atoms with Crippen LogP contribution in [0.15, 0.2) is 78.9 Å². The monoisotopic (exact) mass is 365 g/mol. The summed E-state index contributed by atoms with van der Waals surface area (Å²) in [5.74, 6) is 1.24. The van der Waals surface area contributed by atoms with Gasteiger partial charge in [-0.3, -0.25) is 0 Å². The number of imidazole rings is 1. The summed E-state index contributed by atoms with van der Waals surface area (Å²) in [5.41, 5.74) is 9.02. The smallest absolute Gasteiger partial charge is 0.197 e. The minimum absolute atomic E-state index is 0.180. The van der Waals surface area contributed by atoms with Gasteiger partial charge in [0.2, 0.25) is 0 Å². The molecule has 0 amide bonds. The van der Waals surface area contributed by atoms with E-state index in [9.17, 15) is 0 Å². The Labute approximate surface area is 166 Å². The van der Waals surface area contributed by atoms with Crippen molar-refractivity contribution < 1.29 is 4.57 Å². The van der Waals surface area contributed by atoms with Gasteiger partial charge in [-0.1, -0.05) is 66.7 Å². The van der Waals surface area contributed by atoms with Crippen molar-refractivity contribution >= 4 is 0 Å². The van der Waals surface area contributed by atoms with Crippen LogP contribution in [-0.2, 0) is 5.41 Å². The predicted octanol–water partition coefficient (Wildman–Crippen LogP) is 5.35. The molecule has 1 aliphatic rings. The van der Waals surface area contributed by atoms with Gasteiger partial charge in [-0.05, 0) is 37.1 Å². The van der Waals surface area contributed by atoms with Gasteiger partial charge in [-0.15, -0.1) is 0 Å². The van der Waals surface area contributed by atoms with Crippen LogP contribution in [0.1, 0.15) is 40.8 Å². The van der Waals surface area contributed by atoms with Crippen LogP contribution in [0.2, 0.25) is 0 Å². The fraction of sp³-hybridized carbons (Fsp3) is 0.192. The minimum Gasteiger partial charge on any atom is -0.197 e. The maximum Gasteiger partial charge on any atom is 0.264 e. The van der Waals surface area contributed by atoms with Crippen molar-refractivity contribution in [3.63, 3.8) is 0 Å². The largest absolute Gasteiger partial charge is 0.264 e. The number of hydrogen-bond acceptors (Lipinski definition) is 0. The van der Waals surface area contributed by atoms with Crippen molar-refractivity contribution in [2.24, 2.45) is 0 Å². The van der Waals surface area contributed by atoms with Crippen LogP contribution in [0.3, 0.4) is 0 Å². The lowest BCUT2D eigenvalue weighted by Gasteiger charge is -2.24. The van der Waals surface area contributed by atoms with E-state index in [1.54, 1.807) is 0 Å². The number of hydrogen-bond donors (Lipinski definition) is 0. The molecule has 2 heterocycles. The minimum atomic E-state index is -0.180. The van der Waals surface area contributed by atoms with E-state index in [2.05, 4.69) is 116 Å². The van der Waals surface area contributed by atoms with Crippen LogP contribution in [0.25, 0.3) is 11.4 Å². The lowest BCUT2D eigenvalue weighted by Crippen LogP contribution is -2.36. The zero-order valence-corrected chi connectivity index (χ0v) is 16.9.